The number of carbonyl (C=O) groups is 1. The van der Waals surface area contributed by atoms with Crippen LogP contribution in [0.3, 0.4) is 0 Å². The normalized spacial score (nSPS) is 19.8. The van der Waals surface area contributed by atoms with Crippen molar-refractivity contribution in [2.75, 3.05) is 19.6 Å². The molecular weight excluding hydrogens is 214 g/mol. The van der Waals surface area contributed by atoms with Gasteiger partial charge in [0.05, 0.1) is 11.6 Å². The zero-order valence-electron chi connectivity index (χ0n) is 9.81. The summed E-state index contributed by atoms with van der Waals surface area (Å²) in [6, 6.07) is 9.24. The maximum absolute atomic E-state index is 12.2. The summed E-state index contributed by atoms with van der Waals surface area (Å²) < 4.78 is 0. The summed E-state index contributed by atoms with van der Waals surface area (Å²) in [5.74, 6) is 0.00968. The van der Waals surface area contributed by atoms with Gasteiger partial charge in [0, 0.05) is 31.2 Å². The molecule has 1 fully saturated rings. The minimum atomic E-state index is 0.00968. The lowest BCUT2D eigenvalue weighted by Gasteiger charge is -2.32. The summed E-state index contributed by atoms with van der Waals surface area (Å²) in [6.45, 7) is 4.32. The molecule has 0 spiro atoms. The Morgan fingerprint density at radius 2 is 2.41 bits per heavy atom. The standard InChI is InChI=1S/C13H15N3O/c1-10-9-16(6-5-15-10)13(17)12-4-2-3-11(7-12)8-14/h2-4,7,10,15H,5-6,9H2,1H3/t10-/m0/s1. The molecule has 0 aromatic heterocycles. The first-order valence-electron chi connectivity index (χ1n) is 5.73. The lowest BCUT2D eigenvalue weighted by molar-refractivity contribution is 0.0709. The Bertz CT molecular complexity index is 464. The van der Waals surface area contributed by atoms with Crippen LogP contribution in [-0.4, -0.2) is 36.5 Å². The van der Waals surface area contributed by atoms with Crippen LogP contribution in [0, 0.1) is 11.3 Å². The van der Waals surface area contributed by atoms with Crippen molar-refractivity contribution in [3.63, 3.8) is 0 Å². The fourth-order valence-corrected chi connectivity index (χ4v) is 2.02. The molecule has 0 unspecified atom stereocenters. The molecule has 0 radical (unpaired) electrons. The van der Waals surface area contributed by atoms with E-state index in [0.717, 1.165) is 19.6 Å². The van der Waals surface area contributed by atoms with E-state index < -0.39 is 0 Å². The van der Waals surface area contributed by atoms with Gasteiger partial charge in [-0.1, -0.05) is 6.07 Å². The Balaban J connectivity index is 2.16. The van der Waals surface area contributed by atoms with Crippen molar-refractivity contribution >= 4 is 5.91 Å². The van der Waals surface area contributed by atoms with Crippen molar-refractivity contribution in [2.24, 2.45) is 0 Å². The number of nitriles is 1. The van der Waals surface area contributed by atoms with E-state index in [1.165, 1.54) is 0 Å². The van der Waals surface area contributed by atoms with Gasteiger partial charge in [-0.3, -0.25) is 4.79 Å². The van der Waals surface area contributed by atoms with E-state index in [-0.39, 0.29) is 5.91 Å². The first kappa shape index (κ1) is 11.6. The molecule has 0 bridgehead atoms. The van der Waals surface area contributed by atoms with Crippen molar-refractivity contribution < 1.29 is 4.79 Å². The fraction of sp³-hybridized carbons (Fsp3) is 0.385. The van der Waals surface area contributed by atoms with E-state index in [2.05, 4.69) is 18.3 Å². The predicted octanol–water partition coefficient (Wildman–Crippen LogP) is 0.992. The highest BCUT2D eigenvalue weighted by atomic mass is 16.2. The number of carbonyl (C=O) groups excluding carboxylic acids is 1. The Morgan fingerprint density at radius 1 is 1.59 bits per heavy atom. The van der Waals surface area contributed by atoms with Crippen LogP contribution in [-0.2, 0) is 0 Å². The summed E-state index contributed by atoms with van der Waals surface area (Å²) in [5, 5.41) is 12.1. The topological polar surface area (TPSA) is 56.1 Å². The first-order chi connectivity index (χ1) is 8.20. The van der Waals surface area contributed by atoms with Gasteiger partial charge in [-0.15, -0.1) is 0 Å². The van der Waals surface area contributed by atoms with Gasteiger partial charge in [-0.25, -0.2) is 0 Å². The molecule has 88 valence electrons. The van der Waals surface area contributed by atoms with Crippen molar-refractivity contribution in [2.45, 2.75) is 13.0 Å². The number of hydrogen-bond acceptors (Lipinski definition) is 3. The molecule has 2 rings (SSSR count). The van der Waals surface area contributed by atoms with Crippen LogP contribution in [0.25, 0.3) is 0 Å². The second kappa shape index (κ2) is 4.98. The van der Waals surface area contributed by atoms with Crippen LogP contribution >= 0.6 is 0 Å². The molecule has 1 amide bonds. The summed E-state index contributed by atoms with van der Waals surface area (Å²) in [7, 11) is 0. The highest BCUT2D eigenvalue weighted by molar-refractivity contribution is 5.94. The van der Waals surface area contributed by atoms with Crippen LogP contribution in [0.1, 0.15) is 22.8 Å². The molecule has 1 aromatic rings. The SMILES string of the molecule is C[C@H]1CN(C(=O)c2cccc(C#N)c2)CCN1. The molecule has 17 heavy (non-hydrogen) atoms. The van der Waals surface area contributed by atoms with Crippen LogP contribution in [0.15, 0.2) is 24.3 Å². The quantitative estimate of drug-likeness (QED) is 0.781. The maximum Gasteiger partial charge on any atom is 0.253 e. The smallest absolute Gasteiger partial charge is 0.253 e. The van der Waals surface area contributed by atoms with Crippen LogP contribution in [0.5, 0.6) is 0 Å². The number of benzene rings is 1. The number of nitrogens with one attached hydrogen (secondary N) is 1. The van der Waals surface area contributed by atoms with Gasteiger partial charge in [0.25, 0.3) is 5.91 Å². The zero-order chi connectivity index (χ0) is 12.3. The zero-order valence-corrected chi connectivity index (χ0v) is 9.81. The number of piperazine rings is 1. The average molecular weight is 229 g/mol. The fourth-order valence-electron chi connectivity index (χ4n) is 2.02. The molecule has 4 nitrogen and oxygen atoms in total. The molecule has 1 heterocycles. The summed E-state index contributed by atoms with van der Waals surface area (Å²) in [6.07, 6.45) is 0. The Morgan fingerprint density at radius 3 is 3.12 bits per heavy atom. The lowest BCUT2D eigenvalue weighted by atomic mass is 10.1. The Kier molecular flexibility index (Phi) is 3.40. The van der Waals surface area contributed by atoms with Crippen LogP contribution in [0.2, 0.25) is 0 Å². The van der Waals surface area contributed by atoms with Gasteiger partial charge in [0.2, 0.25) is 0 Å². The van der Waals surface area contributed by atoms with E-state index >= 15 is 0 Å². The van der Waals surface area contributed by atoms with Gasteiger partial charge in [0.1, 0.15) is 0 Å². The maximum atomic E-state index is 12.2. The average Bonchev–Trinajstić information content (AvgIpc) is 2.38. The van der Waals surface area contributed by atoms with Crippen molar-refractivity contribution in [1.29, 1.82) is 5.26 Å². The third kappa shape index (κ3) is 2.63. The summed E-state index contributed by atoms with van der Waals surface area (Å²) in [5.41, 5.74) is 1.12. The molecule has 1 aliphatic rings. The third-order valence-electron chi connectivity index (χ3n) is 2.89. The minimum absolute atomic E-state index is 0.00968. The number of rotatable bonds is 1. The number of hydrogen-bond donors (Lipinski definition) is 1. The van der Waals surface area contributed by atoms with Gasteiger partial charge in [0.15, 0.2) is 0 Å². The van der Waals surface area contributed by atoms with Gasteiger partial charge in [-0.05, 0) is 25.1 Å². The van der Waals surface area contributed by atoms with E-state index in [4.69, 9.17) is 5.26 Å². The van der Waals surface area contributed by atoms with E-state index in [9.17, 15) is 4.79 Å². The highest BCUT2D eigenvalue weighted by Gasteiger charge is 2.21. The summed E-state index contributed by atoms with van der Waals surface area (Å²) >= 11 is 0. The summed E-state index contributed by atoms with van der Waals surface area (Å²) in [4.78, 5) is 14.0. The van der Waals surface area contributed by atoms with Crippen molar-refractivity contribution in [3.05, 3.63) is 35.4 Å². The van der Waals surface area contributed by atoms with Crippen LogP contribution in [0.4, 0.5) is 0 Å². The van der Waals surface area contributed by atoms with E-state index in [1.54, 1.807) is 24.3 Å². The molecule has 0 saturated carbocycles. The Hall–Kier alpha value is -1.86. The lowest BCUT2D eigenvalue weighted by Crippen LogP contribution is -2.51. The highest BCUT2D eigenvalue weighted by Crippen LogP contribution is 2.10. The van der Waals surface area contributed by atoms with Crippen molar-refractivity contribution in [1.82, 2.24) is 10.2 Å². The van der Waals surface area contributed by atoms with E-state index in [0.29, 0.717) is 17.2 Å². The number of amides is 1. The molecule has 1 aliphatic heterocycles. The molecule has 1 atom stereocenters. The molecule has 1 saturated heterocycles. The molecule has 0 aliphatic carbocycles. The Labute approximate surface area is 101 Å². The molecule has 4 heteroatoms. The number of nitrogens with zero attached hydrogens (tertiary/aromatic N) is 2. The molecule has 1 aromatic carbocycles. The second-order valence-electron chi connectivity index (χ2n) is 4.30. The monoisotopic (exact) mass is 229 g/mol. The third-order valence-corrected chi connectivity index (χ3v) is 2.89. The predicted molar refractivity (Wildman–Crippen MR) is 64.5 cm³/mol. The minimum Gasteiger partial charge on any atom is -0.336 e. The van der Waals surface area contributed by atoms with Gasteiger partial charge in [-0.2, -0.15) is 5.26 Å². The van der Waals surface area contributed by atoms with Crippen molar-refractivity contribution in [3.8, 4) is 6.07 Å². The van der Waals surface area contributed by atoms with Gasteiger partial charge >= 0.3 is 0 Å². The van der Waals surface area contributed by atoms with Crippen LogP contribution < -0.4 is 5.32 Å². The first-order valence-corrected chi connectivity index (χ1v) is 5.73. The molecule has 1 N–H and O–H groups in total. The molecular formula is C13H15N3O. The van der Waals surface area contributed by atoms with Gasteiger partial charge < -0.3 is 10.2 Å². The second-order valence-corrected chi connectivity index (χ2v) is 4.30. The van der Waals surface area contributed by atoms with E-state index in [1.807, 2.05) is 4.90 Å². The largest absolute Gasteiger partial charge is 0.336 e.